The van der Waals surface area contributed by atoms with E-state index in [0.717, 1.165) is 18.5 Å². The van der Waals surface area contributed by atoms with Crippen molar-refractivity contribution in [2.45, 2.75) is 40.2 Å². The third-order valence-corrected chi connectivity index (χ3v) is 4.18. The highest BCUT2D eigenvalue weighted by Crippen LogP contribution is 2.29. The molecule has 108 valence electrons. The van der Waals surface area contributed by atoms with E-state index in [9.17, 15) is 0 Å². The van der Waals surface area contributed by atoms with Gasteiger partial charge in [0, 0.05) is 17.6 Å². The Labute approximate surface area is 122 Å². The molecule has 20 heavy (non-hydrogen) atoms. The first-order valence-corrected chi connectivity index (χ1v) is 7.71. The molecule has 1 heterocycles. The topological polar surface area (TPSA) is 24.9 Å². The minimum absolute atomic E-state index is 0.404. The first kappa shape index (κ1) is 15.0. The van der Waals surface area contributed by atoms with Crippen LogP contribution in [-0.2, 0) is 0 Å². The molecule has 0 aliphatic carbocycles. The van der Waals surface area contributed by atoms with E-state index in [2.05, 4.69) is 62.3 Å². The zero-order valence-corrected chi connectivity index (χ0v) is 13.1. The monoisotopic (exact) mass is 270 g/mol. The van der Waals surface area contributed by atoms with Gasteiger partial charge in [-0.2, -0.15) is 0 Å². The minimum Gasteiger partial charge on any atom is -0.310 e. The van der Waals surface area contributed by atoms with Crippen LogP contribution in [0.25, 0.3) is 10.9 Å². The van der Waals surface area contributed by atoms with Crippen molar-refractivity contribution in [2.24, 2.45) is 11.8 Å². The maximum absolute atomic E-state index is 4.48. The standard InChI is InChI=1S/C18H26N2/c1-5-10-20-18(14(4)13(2)3)16-9-8-15-7-6-11-19-17(15)12-16/h6-9,11-14,18,20H,5,10H2,1-4H3. The third-order valence-electron chi connectivity index (χ3n) is 4.18. The summed E-state index contributed by atoms with van der Waals surface area (Å²) in [4.78, 5) is 4.48. The molecule has 0 aliphatic rings. The van der Waals surface area contributed by atoms with Crippen molar-refractivity contribution >= 4 is 10.9 Å². The zero-order valence-electron chi connectivity index (χ0n) is 13.1. The van der Waals surface area contributed by atoms with Gasteiger partial charge in [-0.3, -0.25) is 4.98 Å². The second kappa shape index (κ2) is 6.85. The van der Waals surface area contributed by atoms with Crippen molar-refractivity contribution in [1.82, 2.24) is 10.3 Å². The fourth-order valence-electron chi connectivity index (χ4n) is 2.57. The van der Waals surface area contributed by atoms with E-state index in [1.165, 1.54) is 10.9 Å². The molecule has 0 fully saturated rings. The van der Waals surface area contributed by atoms with Crippen LogP contribution in [0.3, 0.4) is 0 Å². The van der Waals surface area contributed by atoms with Gasteiger partial charge in [0.2, 0.25) is 0 Å². The predicted octanol–water partition coefficient (Wildman–Crippen LogP) is 4.57. The number of hydrogen-bond acceptors (Lipinski definition) is 2. The highest BCUT2D eigenvalue weighted by atomic mass is 14.9. The molecular formula is C18H26N2. The second-order valence-corrected chi connectivity index (χ2v) is 5.99. The fourth-order valence-corrected chi connectivity index (χ4v) is 2.57. The van der Waals surface area contributed by atoms with E-state index in [4.69, 9.17) is 0 Å². The first-order chi connectivity index (χ1) is 9.63. The molecule has 0 saturated heterocycles. The summed E-state index contributed by atoms with van der Waals surface area (Å²) in [6.07, 6.45) is 3.03. The van der Waals surface area contributed by atoms with Crippen molar-refractivity contribution in [2.75, 3.05) is 6.54 Å². The average molecular weight is 270 g/mol. The van der Waals surface area contributed by atoms with Gasteiger partial charge < -0.3 is 5.32 Å². The molecule has 0 aliphatic heterocycles. The van der Waals surface area contributed by atoms with E-state index in [-0.39, 0.29) is 0 Å². The summed E-state index contributed by atoms with van der Waals surface area (Å²) < 4.78 is 0. The molecule has 1 aromatic carbocycles. The second-order valence-electron chi connectivity index (χ2n) is 5.99. The lowest BCUT2D eigenvalue weighted by Crippen LogP contribution is -2.30. The smallest absolute Gasteiger partial charge is 0.0705 e. The summed E-state index contributed by atoms with van der Waals surface area (Å²) in [5, 5.41) is 4.91. The van der Waals surface area contributed by atoms with Crippen LogP contribution in [-0.4, -0.2) is 11.5 Å². The van der Waals surface area contributed by atoms with Gasteiger partial charge in [-0.1, -0.05) is 45.9 Å². The number of benzene rings is 1. The molecule has 1 aromatic heterocycles. The molecule has 1 N–H and O–H groups in total. The molecule has 2 nitrogen and oxygen atoms in total. The molecule has 0 spiro atoms. The Morgan fingerprint density at radius 3 is 2.65 bits per heavy atom. The molecule has 0 saturated carbocycles. The van der Waals surface area contributed by atoms with Crippen LogP contribution in [0.2, 0.25) is 0 Å². The van der Waals surface area contributed by atoms with Gasteiger partial charge >= 0.3 is 0 Å². The average Bonchev–Trinajstić information content (AvgIpc) is 2.47. The number of fused-ring (bicyclic) bond motifs is 1. The van der Waals surface area contributed by atoms with Crippen molar-refractivity contribution in [1.29, 1.82) is 0 Å². The van der Waals surface area contributed by atoms with Crippen LogP contribution in [0.1, 0.15) is 45.7 Å². The molecule has 2 unspecified atom stereocenters. The van der Waals surface area contributed by atoms with Gasteiger partial charge in [0.15, 0.2) is 0 Å². The molecule has 2 aromatic rings. The quantitative estimate of drug-likeness (QED) is 0.832. The Balaban J connectivity index is 2.34. The maximum atomic E-state index is 4.48. The van der Waals surface area contributed by atoms with Gasteiger partial charge in [-0.15, -0.1) is 0 Å². The summed E-state index contributed by atoms with van der Waals surface area (Å²) in [5.74, 6) is 1.26. The fraction of sp³-hybridized carbons (Fsp3) is 0.500. The normalized spacial score (nSPS) is 14.7. The highest BCUT2D eigenvalue weighted by Gasteiger charge is 2.21. The van der Waals surface area contributed by atoms with Gasteiger partial charge in [0.05, 0.1) is 5.52 Å². The van der Waals surface area contributed by atoms with E-state index < -0.39 is 0 Å². The van der Waals surface area contributed by atoms with E-state index in [1.54, 1.807) is 0 Å². The molecule has 2 heteroatoms. The summed E-state index contributed by atoms with van der Waals surface area (Å²) in [6, 6.07) is 11.2. The maximum Gasteiger partial charge on any atom is 0.0705 e. The van der Waals surface area contributed by atoms with Crippen LogP contribution >= 0.6 is 0 Å². The van der Waals surface area contributed by atoms with Crippen LogP contribution in [0.15, 0.2) is 36.5 Å². The lowest BCUT2D eigenvalue weighted by Gasteiger charge is -2.28. The van der Waals surface area contributed by atoms with Crippen LogP contribution in [0.4, 0.5) is 0 Å². The number of pyridine rings is 1. The third kappa shape index (κ3) is 3.37. The summed E-state index contributed by atoms with van der Waals surface area (Å²) in [5.41, 5.74) is 2.44. The molecule has 0 amide bonds. The number of nitrogens with one attached hydrogen (secondary N) is 1. The van der Waals surface area contributed by atoms with Gasteiger partial charge in [0.25, 0.3) is 0 Å². The SMILES string of the molecule is CCCNC(c1ccc2cccnc2c1)C(C)C(C)C. The van der Waals surface area contributed by atoms with E-state index in [1.807, 2.05) is 12.3 Å². The summed E-state index contributed by atoms with van der Waals surface area (Å²) in [6.45, 7) is 10.2. The molecule has 0 radical (unpaired) electrons. The van der Waals surface area contributed by atoms with Gasteiger partial charge in [-0.25, -0.2) is 0 Å². The van der Waals surface area contributed by atoms with Gasteiger partial charge in [-0.05, 0) is 42.5 Å². The number of nitrogens with zero attached hydrogens (tertiary/aromatic N) is 1. The van der Waals surface area contributed by atoms with E-state index in [0.29, 0.717) is 17.9 Å². The molecule has 2 atom stereocenters. The Bertz CT molecular complexity index is 548. The van der Waals surface area contributed by atoms with Crippen molar-refractivity contribution in [3.63, 3.8) is 0 Å². The largest absolute Gasteiger partial charge is 0.310 e. The Morgan fingerprint density at radius 2 is 1.95 bits per heavy atom. The van der Waals surface area contributed by atoms with E-state index >= 15 is 0 Å². The van der Waals surface area contributed by atoms with Crippen LogP contribution < -0.4 is 5.32 Å². The van der Waals surface area contributed by atoms with Crippen molar-refractivity contribution < 1.29 is 0 Å². The number of rotatable bonds is 6. The Hall–Kier alpha value is -1.41. The molecule has 2 rings (SSSR count). The van der Waals surface area contributed by atoms with Crippen molar-refractivity contribution in [3.8, 4) is 0 Å². The lowest BCUT2D eigenvalue weighted by atomic mass is 9.85. The minimum atomic E-state index is 0.404. The van der Waals surface area contributed by atoms with Gasteiger partial charge in [0.1, 0.15) is 0 Å². The predicted molar refractivity (Wildman–Crippen MR) is 86.8 cm³/mol. The summed E-state index contributed by atoms with van der Waals surface area (Å²) in [7, 11) is 0. The van der Waals surface area contributed by atoms with Crippen LogP contribution in [0.5, 0.6) is 0 Å². The Kier molecular flexibility index (Phi) is 5.13. The van der Waals surface area contributed by atoms with Crippen LogP contribution in [0, 0.1) is 11.8 Å². The molecule has 0 bridgehead atoms. The first-order valence-electron chi connectivity index (χ1n) is 7.71. The zero-order chi connectivity index (χ0) is 14.5. The number of aromatic nitrogens is 1. The highest BCUT2D eigenvalue weighted by molar-refractivity contribution is 5.79. The molecular weight excluding hydrogens is 244 g/mol. The Morgan fingerprint density at radius 1 is 1.15 bits per heavy atom. The lowest BCUT2D eigenvalue weighted by molar-refractivity contribution is 0.304. The van der Waals surface area contributed by atoms with Crippen molar-refractivity contribution in [3.05, 3.63) is 42.1 Å². The summed E-state index contributed by atoms with van der Waals surface area (Å²) >= 11 is 0. The number of hydrogen-bond donors (Lipinski definition) is 1.